The second kappa shape index (κ2) is 11.2. The van der Waals surface area contributed by atoms with E-state index in [4.69, 9.17) is 9.47 Å². The number of esters is 1. The minimum absolute atomic E-state index is 0.257. The van der Waals surface area contributed by atoms with Gasteiger partial charge in [-0.2, -0.15) is 0 Å². The minimum Gasteiger partial charge on any atom is -0.497 e. The number of rotatable bonds is 9. The van der Waals surface area contributed by atoms with Gasteiger partial charge in [-0.3, -0.25) is 19.2 Å². The number of hydrogen-bond acceptors (Lipinski definition) is 6. The summed E-state index contributed by atoms with van der Waals surface area (Å²) in [4.78, 5) is 47.5. The molecule has 3 N–H and O–H groups in total. The Bertz CT molecular complexity index is 911. The molecule has 0 fully saturated rings. The fourth-order valence-corrected chi connectivity index (χ4v) is 2.39. The molecule has 2 rings (SSSR count). The third-order valence-electron chi connectivity index (χ3n) is 3.86. The van der Waals surface area contributed by atoms with Crippen LogP contribution < -0.4 is 20.7 Å². The third kappa shape index (κ3) is 6.93. The molecule has 9 heteroatoms. The Labute approximate surface area is 173 Å². The van der Waals surface area contributed by atoms with E-state index in [9.17, 15) is 19.2 Å². The second-order valence-electron chi connectivity index (χ2n) is 6.06. The summed E-state index contributed by atoms with van der Waals surface area (Å²) in [5.74, 6) is -1.44. The summed E-state index contributed by atoms with van der Waals surface area (Å²) >= 11 is 0. The molecular formula is C21H23N3O6. The molecule has 9 nitrogen and oxygen atoms in total. The zero-order valence-corrected chi connectivity index (χ0v) is 16.7. The van der Waals surface area contributed by atoms with Crippen LogP contribution in [0, 0.1) is 0 Å². The van der Waals surface area contributed by atoms with Gasteiger partial charge in [-0.25, -0.2) is 0 Å². The molecule has 0 saturated heterocycles. The van der Waals surface area contributed by atoms with E-state index in [0.29, 0.717) is 29.1 Å². The van der Waals surface area contributed by atoms with E-state index in [2.05, 4.69) is 16.0 Å². The van der Waals surface area contributed by atoms with Gasteiger partial charge in [0.05, 0.1) is 7.11 Å². The average Bonchev–Trinajstić information content (AvgIpc) is 2.76. The number of amides is 3. The van der Waals surface area contributed by atoms with Crippen LogP contribution in [0.3, 0.4) is 0 Å². The molecule has 30 heavy (non-hydrogen) atoms. The molecule has 0 aliphatic carbocycles. The van der Waals surface area contributed by atoms with Crippen molar-refractivity contribution >= 4 is 29.4 Å². The maximum atomic E-state index is 12.0. The van der Waals surface area contributed by atoms with E-state index in [0.717, 1.165) is 0 Å². The smallest absolute Gasteiger partial charge is 0.325 e. The molecule has 0 radical (unpaired) electrons. The summed E-state index contributed by atoms with van der Waals surface area (Å²) in [6, 6.07) is 12.7. The Morgan fingerprint density at radius 1 is 0.900 bits per heavy atom. The maximum Gasteiger partial charge on any atom is 0.325 e. The average molecular weight is 413 g/mol. The summed E-state index contributed by atoms with van der Waals surface area (Å²) in [5.41, 5.74) is 1.15. The minimum atomic E-state index is -0.761. The molecule has 0 saturated carbocycles. The van der Waals surface area contributed by atoms with Gasteiger partial charge in [0, 0.05) is 23.4 Å². The van der Waals surface area contributed by atoms with Crippen LogP contribution in [0.2, 0.25) is 0 Å². The Hall–Kier alpha value is -3.88. The van der Waals surface area contributed by atoms with Crippen molar-refractivity contribution in [3.63, 3.8) is 0 Å². The van der Waals surface area contributed by atoms with Crippen LogP contribution in [-0.4, -0.2) is 50.5 Å². The number of benzene rings is 2. The number of hydrogen-bond donors (Lipinski definition) is 3. The normalized spacial score (nSPS) is 9.93. The largest absolute Gasteiger partial charge is 0.497 e. The first-order valence-electron chi connectivity index (χ1n) is 9.19. The molecular weight excluding hydrogens is 390 g/mol. The van der Waals surface area contributed by atoms with Gasteiger partial charge in [-0.05, 0) is 49.4 Å². The molecule has 158 valence electrons. The highest BCUT2D eigenvalue weighted by Gasteiger charge is 2.12. The van der Waals surface area contributed by atoms with Gasteiger partial charge in [-0.15, -0.1) is 0 Å². The Morgan fingerprint density at radius 2 is 1.60 bits per heavy atom. The fraction of sp³-hybridized carbons (Fsp3) is 0.238. The van der Waals surface area contributed by atoms with E-state index in [1.807, 2.05) is 0 Å². The molecule has 0 bridgehead atoms. The van der Waals surface area contributed by atoms with E-state index >= 15 is 0 Å². The molecule has 0 aliphatic heterocycles. The number of ether oxygens (including phenoxy) is 2. The number of carbonyl (C=O) groups is 4. The highest BCUT2D eigenvalue weighted by molar-refractivity contribution is 5.98. The Kier molecular flexibility index (Phi) is 8.37. The molecule has 2 aromatic rings. The lowest BCUT2D eigenvalue weighted by Gasteiger charge is -2.09. The summed E-state index contributed by atoms with van der Waals surface area (Å²) in [6.45, 7) is 1.38. The maximum absolute atomic E-state index is 12.0. The van der Waals surface area contributed by atoms with Crippen molar-refractivity contribution < 1.29 is 28.7 Å². The number of methoxy groups -OCH3 is 1. The van der Waals surface area contributed by atoms with Crippen LogP contribution in [0.25, 0.3) is 0 Å². The Balaban J connectivity index is 1.76. The van der Waals surface area contributed by atoms with Gasteiger partial charge < -0.3 is 25.4 Å². The van der Waals surface area contributed by atoms with Gasteiger partial charge in [0.15, 0.2) is 6.61 Å². The van der Waals surface area contributed by atoms with Gasteiger partial charge in [0.1, 0.15) is 12.3 Å². The molecule has 2 aromatic carbocycles. The van der Waals surface area contributed by atoms with E-state index < -0.39 is 24.4 Å². The first-order chi connectivity index (χ1) is 14.4. The quantitative estimate of drug-likeness (QED) is 0.534. The molecule has 0 unspecified atom stereocenters. The predicted octanol–water partition coefficient (Wildman–Crippen LogP) is 1.36. The fourth-order valence-electron chi connectivity index (χ4n) is 2.39. The highest BCUT2D eigenvalue weighted by Crippen LogP contribution is 2.11. The highest BCUT2D eigenvalue weighted by atomic mass is 16.5. The standard InChI is InChI=1S/C21H23N3O6/c1-3-22-21(28)15-5-4-6-16(11-15)24-18(25)13-30-19(26)12-23-20(27)14-7-9-17(29-2)10-8-14/h4-11H,3,12-13H2,1-2H3,(H,22,28)(H,23,27)(H,24,25). The number of anilines is 1. The van der Waals surface area contributed by atoms with Crippen molar-refractivity contribution in [2.75, 3.05) is 32.1 Å². The van der Waals surface area contributed by atoms with Gasteiger partial charge in [-0.1, -0.05) is 6.07 Å². The molecule has 0 atom stereocenters. The van der Waals surface area contributed by atoms with E-state index in [1.54, 1.807) is 49.4 Å². The monoisotopic (exact) mass is 413 g/mol. The van der Waals surface area contributed by atoms with Crippen molar-refractivity contribution in [3.05, 3.63) is 59.7 Å². The summed E-state index contributed by atoms with van der Waals surface area (Å²) in [7, 11) is 1.52. The lowest BCUT2D eigenvalue weighted by atomic mass is 10.2. The zero-order valence-electron chi connectivity index (χ0n) is 16.7. The van der Waals surface area contributed by atoms with Crippen molar-refractivity contribution in [1.29, 1.82) is 0 Å². The van der Waals surface area contributed by atoms with Crippen LogP contribution in [0.4, 0.5) is 5.69 Å². The van der Waals surface area contributed by atoms with Crippen LogP contribution in [0.5, 0.6) is 5.75 Å². The molecule has 0 aliphatic rings. The molecule has 3 amide bonds. The first kappa shape index (κ1) is 22.4. The third-order valence-corrected chi connectivity index (χ3v) is 3.86. The Morgan fingerprint density at radius 3 is 2.27 bits per heavy atom. The molecule has 0 heterocycles. The van der Waals surface area contributed by atoms with Crippen molar-refractivity contribution in [2.45, 2.75) is 6.92 Å². The van der Waals surface area contributed by atoms with Crippen molar-refractivity contribution in [2.24, 2.45) is 0 Å². The SMILES string of the molecule is CCNC(=O)c1cccc(NC(=O)COC(=O)CNC(=O)c2ccc(OC)cc2)c1. The predicted molar refractivity (Wildman–Crippen MR) is 109 cm³/mol. The second-order valence-corrected chi connectivity index (χ2v) is 6.06. The van der Waals surface area contributed by atoms with Crippen LogP contribution in [0.1, 0.15) is 27.6 Å². The van der Waals surface area contributed by atoms with Crippen molar-refractivity contribution in [3.8, 4) is 5.75 Å². The van der Waals surface area contributed by atoms with Crippen LogP contribution >= 0.6 is 0 Å². The zero-order chi connectivity index (χ0) is 21.9. The molecule has 0 spiro atoms. The number of nitrogens with one attached hydrogen (secondary N) is 3. The lowest BCUT2D eigenvalue weighted by Crippen LogP contribution is -2.32. The molecule has 0 aromatic heterocycles. The summed E-state index contributed by atoms with van der Waals surface area (Å²) in [6.07, 6.45) is 0. The van der Waals surface area contributed by atoms with E-state index in [-0.39, 0.29) is 12.5 Å². The first-order valence-corrected chi connectivity index (χ1v) is 9.19. The topological polar surface area (TPSA) is 123 Å². The van der Waals surface area contributed by atoms with E-state index in [1.165, 1.54) is 13.2 Å². The lowest BCUT2D eigenvalue weighted by molar-refractivity contribution is -0.146. The summed E-state index contributed by atoms with van der Waals surface area (Å²) in [5, 5.41) is 7.61. The van der Waals surface area contributed by atoms with Crippen LogP contribution in [-0.2, 0) is 14.3 Å². The number of carbonyl (C=O) groups excluding carboxylic acids is 4. The van der Waals surface area contributed by atoms with Gasteiger partial charge >= 0.3 is 5.97 Å². The van der Waals surface area contributed by atoms with Gasteiger partial charge in [0.2, 0.25) is 0 Å². The van der Waals surface area contributed by atoms with Crippen molar-refractivity contribution in [1.82, 2.24) is 10.6 Å². The van der Waals surface area contributed by atoms with Crippen LogP contribution in [0.15, 0.2) is 48.5 Å². The summed E-state index contributed by atoms with van der Waals surface area (Å²) < 4.78 is 9.86. The van der Waals surface area contributed by atoms with Gasteiger partial charge in [0.25, 0.3) is 17.7 Å².